The minimum atomic E-state index is -4.35. The molecule has 5 nitrogen and oxygen atoms in total. The minimum Gasteiger partial charge on any atom is -0.481 e. The van der Waals surface area contributed by atoms with Crippen molar-refractivity contribution in [2.24, 2.45) is 5.92 Å². The summed E-state index contributed by atoms with van der Waals surface area (Å²) in [5.74, 6) is -1.83. The molecule has 0 fully saturated rings. The highest BCUT2D eigenvalue weighted by molar-refractivity contribution is 5.76. The van der Waals surface area contributed by atoms with Crippen LogP contribution in [0.3, 0.4) is 0 Å². The van der Waals surface area contributed by atoms with Crippen molar-refractivity contribution in [1.82, 2.24) is 10.2 Å². The highest BCUT2D eigenvalue weighted by Crippen LogP contribution is 2.21. The van der Waals surface area contributed by atoms with E-state index in [1.807, 2.05) is 0 Å². The van der Waals surface area contributed by atoms with Crippen LogP contribution in [0.2, 0.25) is 0 Å². The molecule has 2 atom stereocenters. The van der Waals surface area contributed by atoms with Gasteiger partial charge in [-0.25, -0.2) is 4.79 Å². The summed E-state index contributed by atoms with van der Waals surface area (Å²) in [7, 11) is 0. The number of hydrogen-bond acceptors (Lipinski definition) is 2. The van der Waals surface area contributed by atoms with Gasteiger partial charge in [0.1, 0.15) is 0 Å². The van der Waals surface area contributed by atoms with E-state index in [2.05, 4.69) is 5.32 Å². The number of carbonyl (C=O) groups is 2. The van der Waals surface area contributed by atoms with Crippen molar-refractivity contribution in [1.29, 1.82) is 0 Å². The lowest BCUT2D eigenvalue weighted by atomic mass is 10.2. The van der Waals surface area contributed by atoms with Crippen LogP contribution in [0.1, 0.15) is 27.2 Å². The Bertz CT molecular complexity index is 321. The first-order valence-electron chi connectivity index (χ1n) is 5.91. The summed E-state index contributed by atoms with van der Waals surface area (Å²) >= 11 is 0. The van der Waals surface area contributed by atoms with Crippen LogP contribution in [-0.4, -0.2) is 47.3 Å². The topological polar surface area (TPSA) is 69.6 Å². The summed E-state index contributed by atoms with van der Waals surface area (Å²) in [5.41, 5.74) is 0. The van der Waals surface area contributed by atoms with Crippen LogP contribution in [0.5, 0.6) is 0 Å². The Morgan fingerprint density at radius 1 is 1.32 bits per heavy atom. The summed E-state index contributed by atoms with van der Waals surface area (Å²) in [6.07, 6.45) is -5.47. The van der Waals surface area contributed by atoms with Crippen molar-refractivity contribution < 1.29 is 27.9 Å². The zero-order valence-electron chi connectivity index (χ0n) is 11.1. The monoisotopic (exact) mass is 284 g/mol. The molecule has 2 unspecified atom stereocenters. The first-order chi connectivity index (χ1) is 8.56. The Morgan fingerprint density at radius 3 is 2.21 bits per heavy atom. The van der Waals surface area contributed by atoms with E-state index in [0.29, 0.717) is 0 Å². The van der Waals surface area contributed by atoms with Crippen LogP contribution >= 0.6 is 0 Å². The van der Waals surface area contributed by atoms with E-state index in [9.17, 15) is 22.8 Å². The predicted octanol–water partition coefficient (Wildman–Crippen LogP) is 2.08. The van der Waals surface area contributed by atoms with Gasteiger partial charge in [0, 0.05) is 19.1 Å². The molecule has 0 spiro atoms. The molecule has 0 aliphatic heterocycles. The summed E-state index contributed by atoms with van der Waals surface area (Å²) in [6, 6.07) is -1.74. The Balaban J connectivity index is 4.40. The van der Waals surface area contributed by atoms with Crippen molar-refractivity contribution in [2.75, 3.05) is 13.1 Å². The third-order valence-corrected chi connectivity index (χ3v) is 2.49. The maximum absolute atomic E-state index is 12.1. The molecule has 112 valence electrons. The molecule has 0 aromatic heterocycles. The summed E-state index contributed by atoms with van der Waals surface area (Å²) in [4.78, 5) is 23.5. The van der Waals surface area contributed by atoms with Crippen molar-refractivity contribution in [3.05, 3.63) is 0 Å². The molecule has 0 aliphatic rings. The van der Waals surface area contributed by atoms with Gasteiger partial charge in [-0.1, -0.05) is 6.92 Å². The quantitative estimate of drug-likeness (QED) is 0.784. The number of amides is 2. The van der Waals surface area contributed by atoms with Crippen molar-refractivity contribution in [3.8, 4) is 0 Å². The van der Waals surface area contributed by atoms with E-state index in [-0.39, 0.29) is 13.1 Å². The van der Waals surface area contributed by atoms with Gasteiger partial charge >= 0.3 is 18.2 Å². The van der Waals surface area contributed by atoms with Crippen LogP contribution in [0, 0.1) is 5.92 Å². The van der Waals surface area contributed by atoms with Gasteiger partial charge in [0.2, 0.25) is 0 Å². The van der Waals surface area contributed by atoms with Crippen LogP contribution in [0.15, 0.2) is 0 Å². The Kier molecular flexibility index (Phi) is 6.64. The van der Waals surface area contributed by atoms with Crippen LogP contribution in [0.4, 0.5) is 18.0 Å². The lowest BCUT2D eigenvalue weighted by molar-refractivity contribution is -0.141. The number of rotatable bonds is 6. The van der Waals surface area contributed by atoms with Gasteiger partial charge in [0.05, 0.1) is 12.3 Å². The SMILES string of the molecule is CCN(CC(C)C(=O)O)C(=O)NC(C)CC(F)(F)F. The number of nitrogens with one attached hydrogen (secondary N) is 1. The van der Waals surface area contributed by atoms with E-state index in [4.69, 9.17) is 5.11 Å². The number of halogens is 3. The fourth-order valence-electron chi connectivity index (χ4n) is 1.46. The lowest BCUT2D eigenvalue weighted by Crippen LogP contribution is -2.47. The normalized spacial score (nSPS) is 14.6. The highest BCUT2D eigenvalue weighted by atomic mass is 19.4. The Labute approximate surface area is 109 Å². The molecule has 2 N–H and O–H groups in total. The molecule has 0 radical (unpaired) electrons. The fourth-order valence-corrected chi connectivity index (χ4v) is 1.46. The van der Waals surface area contributed by atoms with Gasteiger partial charge in [-0.2, -0.15) is 13.2 Å². The van der Waals surface area contributed by atoms with Crippen molar-refractivity contribution in [2.45, 2.75) is 39.4 Å². The van der Waals surface area contributed by atoms with Crippen molar-refractivity contribution in [3.63, 3.8) is 0 Å². The zero-order valence-corrected chi connectivity index (χ0v) is 11.1. The lowest BCUT2D eigenvalue weighted by Gasteiger charge is -2.25. The number of urea groups is 1. The standard InChI is InChI=1S/C11H19F3N2O3/c1-4-16(6-7(2)9(17)18)10(19)15-8(3)5-11(12,13)14/h7-8H,4-6H2,1-3H3,(H,15,19)(H,17,18). The van der Waals surface area contributed by atoms with Crippen LogP contribution in [-0.2, 0) is 4.79 Å². The van der Waals surface area contributed by atoms with E-state index < -0.39 is 36.6 Å². The summed E-state index contributed by atoms with van der Waals surface area (Å²) in [6.45, 7) is 4.48. The molecular formula is C11H19F3N2O3. The molecule has 0 saturated heterocycles. The molecule has 0 heterocycles. The largest absolute Gasteiger partial charge is 0.481 e. The molecular weight excluding hydrogens is 265 g/mol. The highest BCUT2D eigenvalue weighted by Gasteiger charge is 2.31. The maximum atomic E-state index is 12.1. The number of carbonyl (C=O) groups excluding carboxylic acids is 1. The molecule has 0 bridgehead atoms. The van der Waals surface area contributed by atoms with Gasteiger partial charge < -0.3 is 15.3 Å². The number of carboxylic acids is 1. The van der Waals surface area contributed by atoms with E-state index in [1.54, 1.807) is 6.92 Å². The molecule has 8 heteroatoms. The molecule has 0 saturated carbocycles. The van der Waals surface area contributed by atoms with Gasteiger partial charge in [0.25, 0.3) is 0 Å². The van der Waals surface area contributed by atoms with Gasteiger partial charge in [-0.3, -0.25) is 4.79 Å². The molecule has 2 amide bonds. The van der Waals surface area contributed by atoms with Gasteiger partial charge in [0.15, 0.2) is 0 Å². The minimum absolute atomic E-state index is 0.0452. The van der Waals surface area contributed by atoms with E-state index >= 15 is 0 Å². The average molecular weight is 284 g/mol. The Morgan fingerprint density at radius 2 is 1.84 bits per heavy atom. The maximum Gasteiger partial charge on any atom is 0.391 e. The molecule has 0 rings (SSSR count). The fraction of sp³-hybridized carbons (Fsp3) is 0.818. The predicted molar refractivity (Wildman–Crippen MR) is 62.7 cm³/mol. The van der Waals surface area contributed by atoms with Crippen LogP contribution < -0.4 is 5.32 Å². The number of alkyl halides is 3. The smallest absolute Gasteiger partial charge is 0.391 e. The second-order valence-electron chi connectivity index (χ2n) is 4.45. The first-order valence-corrected chi connectivity index (χ1v) is 5.91. The molecule has 0 aliphatic carbocycles. The number of nitrogens with zero attached hydrogens (tertiary/aromatic N) is 1. The van der Waals surface area contributed by atoms with Gasteiger partial charge in [-0.15, -0.1) is 0 Å². The van der Waals surface area contributed by atoms with E-state index in [1.165, 1.54) is 18.7 Å². The second kappa shape index (κ2) is 7.20. The third-order valence-electron chi connectivity index (χ3n) is 2.49. The van der Waals surface area contributed by atoms with Crippen molar-refractivity contribution >= 4 is 12.0 Å². The Hall–Kier alpha value is -1.47. The summed E-state index contributed by atoms with van der Waals surface area (Å²) < 4.78 is 36.3. The first kappa shape index (κ1) is 17.5. The zero-order chi connectivity index (χ0) is 15.2. The number of hydrogen-bond donors (Lipinski definition) is 2. The van der Waals surface area contributed by atoms with Gasteiger partial charge in [-0.05, 0) is 13.8 Å². The van der Waals surface area contributed by atoms with Crippen LogP contribution in [0.25, 0.3) is 0 Å². The molecule has 19 heavy (non-hydrogen) atoms. The number of aliphatic carboxylic acids is 1. The number of carboxylic acid groups (broad SMARTS) is 1. The average Bonchev–Trinajstić information content (AvgIpc) is 2.21. The summed E-state index contributed by atoms with van der Waals surface area (Å²) in [5, 5.41) is 10.9. The molecule has 0 aromatic rings. The van der Waals surface area contributed by atoms with E-state index in [0.717, 1.165) is 0 Å². The third kappa shape index (κ3) is 7.53. The second-order valence-corrected chi connectivity index (χ2v) is 4.45. The molecule has 0 aromatic carbocycles.